The van der Waals surface area contributed by atoms with Gasteiger partial charge >= 0.3 is 0 Å². The van der Waals surface area contributed by atoms with Crippen LogP contribution in [0.4, 0.5) is 5.69 Å². The van der Waals surface area contributed by atoms with E-state index in [-0.39, 0.29) is 43.8 Å². The van der Waals surface area contributed by atoms with Crippen LogP contribution in [0.15, 0.2) is 54.6 Å². The zero-order chi connectivity index (χ0) is 26.3. The Kier molecular flexibility index (Phi) is 9.08. The van der Waals surface area contributed by atoms with Crippen LogP contribution in [0.5, 0.6) is 0 Å². The number of aryl methyl sites for hydroxylation is 1. The molecule has 1 N–H and O–H groups in total. The Morgan fingerprint density at radius 2 is 1.69 bits per heavy atom. The molecule has 1 heterocycles. The fourth-order valence-corrected chi connectivity index (χ4v) is 5.17. The van der Waals surface area contributed by atoms with Crippen LogP contribution in [0.25, 0.3) is 0 Å². The lowest BCUT2D eigenvalue weighted by atomic mass is 10.0. The number of nitrogens with zero attached hydrogens (tertiary/aromatic N) is 3. The van der Waals surface area contributed by atoms with Gasteiger partial charge in [0.1, 0.15) is 6.54 Å². The van der Waals surface area contributed by atoms with Crippen molar-refractivity contribution in [3.8, 4) is 0 Å². The van der Waals surface area contributed by atoms with Gasteiger partial charge in [0.2, 0.25) is 27.7 Å². The number of rotatable bonds is 5. The van der Waals surface area contributed by atoms with Crippen molar-refractivity contribution >= 4 is 33.4 Å². The van der Waals surface area contributed by atoms with E-state index in [1.807, 2.05) is 37.3 Å². The smallest absolute Gasteiger partial charge is 0.243 e. The van der Waals surface area contributed by atoms with Gasteiger partial charge in [-0.15, -0.1) is 0 Å². The number of carbonyl (C=O) groups excluding carboxylic acids is 3. The van der Waals surface area contributed by atoms with Crippen LogP contribution in [0.3, 0.4) is 0 Å². The van der Waals surface area contributed by atoms with Gasteiger partial charge in [-0.1, -0.05) is 48.0 Å². The van der Waals surface area contributed by atoms with Crippen LogP contribution < -0.4 is 9.62 Å². The molecule has 194 valence electrons. The molecule has 2 aromatic carbocycles. The van der Waals surface area contributed by atoms with Gasteiger partial charge in [-0.2, -0.15) is 0 Å². The zero-order valence-corrected chi connectivity index (χ0v) is 21.8. The van der Waals surface area contributed by atoms with E-state index in [4.69, 9.17) is 0 Å². The highest BCUT2D eigenvalue weighted by Gasteiger charge is 2.28. The quantitative estimate of drug-likeness (QED) is 0.658. The molecule has 1 aliphatic rings. The lowest BCUT2D eigenvalue weighted by Gasteiger charge is -2.31. The van der Waals surface area contributed by atoms with E-state index < -0.39 is 16.1 Å². The summed E-state index contributed by atoms with van der Waals surface area (Å²) in [6, 6.07) is 15.9. The summed E-state index contributed by atoms with van der Waals surface area (Å²) >= 11 is 0. The minimum absolute atomic E-state index is 0.118. The Hall–Kier alpha value is -3.40. The first-order valence-electron chi connectivity index (χ1n) is 12.0. The van der Waals surface area contributed by atoms with Gasteiger partial charge in [-0.25, -0.2) is 8.42 Å². The maximum Gasteiger partial charge on any atom is 0.243 e. The molecule has 2 aromatic rings. The molecule has 3 rings (SSSR count). The third-order valence-corrected chi connectivity index (χ3v) is 7.37. The molecule has 1 atom stereocenters. The normalized spacial score (nSPS) is 17.6. The molecule has 3 amide bonds. The van der Waals surface area contributed by atoms with E-state index in [2.05, 4.69) is 5.32 Å². The fraction of sp³-hybridized carbons (Fsp3) is 0.423. The van der Waals surface area contributed by atoms with E-state index in [1.54, 1.807) is 34.1 Å². The molecule has 1 saturated heterocycles. The highest BCUT2D eigenvalue weighted by molar-refractivity contribution is 7.92. The average Bonchev–Trinajstić information content (AvgIpc) is 2.86. The number of amides is 3. The van der Waals surface area contributed by atoms with Crippen LogP contribution in [-0.2, 0) is 24.4 Å². The summed E-state index contributed by atoms with van der Waals surface area (Å²) in [5.41, 5.74) is 2.26. The average molecular weight is 515 g/mol. The van der Waals surface area contributed by atoms with E-state index in [9.17, 15) is 22.8 Å². The van der Waals surface area contributed by atoms with Crippen molar-refractivity contribution in [1.82, 2.24) is 15.1 Å². The SMILES string of the molecule is CC(=O)N1CCCN(C(=O)CN(c2ccc(C)cc2)S(C)(=O)=O)CCNC(=O)CC1c1ccccc1. The van der Waals surface area contributed by atoms with Crippen molar-refractivity contribution in [2.75, 3.05) is 43.3 Å². The number of hydrogen-bond acceptors (Lipinski definition) is 5. The summed E-state index contributed by atoms with van der Waals surface area (Å²) in [5, 5.41) is 2.84. The van der Waals surface area contributed by atoms with E-state index in [0.717, 1.165) is 21.7 Å². The van der Waals surface area contributed by atoms with Crippen LogP contribution in [0.1, 0.15) is 36.9 Å². The highest BCUT2D eigenvalue weighted by Crippen LogP contribution is 2.25. The summed E-state index contributed by atoms with van der Waals surface area (Å²) < 4.78 is 26.1. The molecule has 1 aliphatic heterocycles. The maximum atomic E-state index is 13.3. The second kappa shape index (κ2) is 12.0. The Morgan fingerprint density at radius 1 is 1.03 bits per heavy atom. The van der Waals surface area contributed by atoms with Crippen LogP contribution in [-0.4, -0.2) is 74.9 Å². The first kappa shape index (κ1) is 27.2. The molecule has 0 saturated carbocycles. The number of hydrogen-bond donors (Lipinski definition) is 1. The third-order valence-electron chi connectivity index (χ3n) is 6.23. The topological polar surface area (TPSA) is 107 Å². The fourth-order valence-electron chi connectivity index (χ4n) is 4.32. The third kappa shape index (κ3) is 7.30. The Balaban J connectivity index is 1.79. The first-order valence-corrected chi connectivity index (χ1v) is 13.8. The molecular weight excluding hydrogens is 480 g/mol. The van der Waals surface area contributed by atoms with E-state index in [1.165, 1.54) is 6.92 Å². The lowest BCUT2D eigenvalue weighted by molar-refractivity contribution is -0.132. The summed E-state index contributed by atoms with van der Waals surface area (Å²) in [7, 11) is -3.70. The minimum atomic E-state index is -3.70. The molecule has 0 aromatic heterocycles. The number of anilines is 1. The molecule has 10 heteroatoms. The Labute approximate surface area is 213 Å². The molecule has 0 bridgehead atoms. The largest absolute Gasteiger partial charge is 0.354 e. The molecular formula is C26H34N4O5S. The van der Waals surface area contributed by atoms with Crippen molar-refractivity contribution in [3.63, 3.8) is 0 Å². The van der Waals surface area contributed by atoms with Crippen LogP contribution in [0, 0.1) is 6.92 Å². The number of sulfonamides is 1. The van der Waals surface area contributed by atoms with Crippen LogP contribution >= 0.6 is 0 Å². The molecule has 0 aliphatic carbocycles. The van der Waals surface area contributed by atoms with Gasteiger partial charge in [0.15, 0.2) is 0 Å². The zero-order valence-electron chi connectivity index (χ0n) is 21.0. The minimum Gasteiger partial charge on any atom is -0.354 e. The van der Waals surface area contributed by atoms with Gasteiger partial charge in [0, 0.05) is 33.1 Å². The van der Waals surface area contributed by atoms with Crippen molar-refractivity contribution in [3.05, 3.63) is 65.7 Å². The number of benzene rings is 2. The summed E-state index contributed by atoms with van der Waals surface area (Å²) in [5.74, 6) is -0.748. The summed E-state index contributed by atoms with van der Waals surface area (Å²) in [6.45, 7) is 4.18. The number of carbonyl (C=O) groups is 3. The molecule has 0 spiro atoms. The molecule has 36 heavy (non-hydrogen) atoms. The molecule has 1 fully saturated rings. The van der Waals surface area contributed by atoms with Crippen molar-refractivity contribution in [2.45, 2.75) is 32.7 Å². The van der Waals surface area contributed by atoms with E-state index in [0.29, 0.717) is 25.2 Å². The van der Waals surface area contributed by atoms with Crippen molar-refractivity contribution in [1.29, 1.82) is 0 Å². The number of nitrogens with one attached hydrogen (secondary N) is 1. The first-order chi connectivity index (χ1) is 17.1. The van der Waals surface area contributed by atoms with Gasteiger partial charge in [0.25, 0.3) is 0 Å². The van der Waals surface area contributed by atoms with Crippen molar-refractivity contribution in [2.24, 2.45) is 0 Å². The monoisotopic (exact) mass is 514 g/mol. The Morgan fingerprint density at radius 3 is 2.31 bits per heavy atom. The van der Waals surface area contributed by atoms with Gasteiger partial charge < -0.3 is 15.1 Å². The molecule has 0 radical (unpaired) electrons. The van der Waals surface area contributed by atoms with Crippen molar-refractivity contribution < 1.29 is 22.8 Å². The second-order valence-corrected chi connectivity index (χ2v) is 10.9. The standard InChI is InChI=1S/C26H34N4O5S/c1-20-10-12-23(13-11-20)30(36(3,34)35)19-26(33)28-15-7-16-29(21(2)31)24(18-25(32)27-14-17-28)22-8-5-4-6-9-22/h4-6,8-13,24H,7,14-19H2,1-3H3,(H,27,32). The summed E-state index contributed by atoms with van der Waals surface area (Å²) in [4.78, 5) is 41.7. The molecule has 9 nitrogen and oxygen atoms in total. The maximum absolute atomic E-state index is 13.3. The lowest BCUT2D eigenvalue weighted by Crippen LogP contribution is -2.45. The van der Waals surface area contributed by atoms with E-state index >= 15 is 0 Å². The predicted octanol–water partition coefficient (Wildman–Crippen LogP) is 2.09. The molecule has 1 unspecified atom stereocenters. The predicted molar refractivity (Wildman–Crippen MR) is 139 cm³/mol. The van der Waals surface area contributed by atoms with Gasteiger partial charge in [0.05, 0.1) is 24.4 Å². The summed E-state index contributed by atoms with van der Waals surface area (Å²) in [6.07, 6.45) is 1.68. The highest BCUT2D eigenvalue weighted by atomic mass is 32.2. The van der Waals surface area contributed by atoms with Gasteiger partial charge in [-0.3, -0.25) is 18.7 Å². The second-order valence-electron chi connectivity index (χ2n) is 9.03. The Bertz CT molecular complexity index is 1170. The van der Waals surface area contributed by atoms with Gasteiger partial charge in [-0.05, 0) is 31.0 Å². The van der Waals surface area contributed by atoms with Crippen LogP contribution in [0.2, 0.25) is 0 Å².